The lowest BCUT2D eigenvalue weighted by Gasteiger charge is -2.21. The summed E-state index contributed by atoms with van der Waals surface area (Å²) in [6.07, 6.45) is 0.531. The van der Waals surface area contributed by atoms with Crippen LogP contribution in [0.15, 0.2) is 56.6 Å². The lowest BCUT2D eigenvalue weighted by atomic mass is 10.0. The molecule has 7 nitrogen and oxygen atoms in total. The molecule has 0 aliphatic heterocycles. The second-order valence-corrected chi connectivity index (χ2v) is 9.87. The van der Waals surface area contributed by atoms with Gasteiger partial charge in [-0.2, -0.15) is 4.72 Å². The predicted molar refractivity (Wildman–Crippen MR) is 122 cm³/mol. The van der Waals surface area contributed by atoms with E-state index in [9.17, 15) is 18.0 Å². The molecule has 0 fully saturated rings. The van der Waals surface area contributed by atoms with E-state index in [0.29, 0.717) is 23.0 Å². The van der Waals surface area contributed by atoms with E-state index in [1.54, 1.807) is 45.0 Å². The molecule has 3 aromatic rings. The van der Waals surface area contributed by atoms with Crippen molar-refractivity contribution < 1.29 is 22.4 Å². The molecule has 3 rings (SSSR count). The van der Waals surface area contributed by atoms with E-state index in [2.05, 4.69) is 4.72 Å². The van der Waals surface area contributed by atoms with Crippen LogP contribution in [0.1, 0.15) is 37.5 Å². The fourth-order valence-electron chi connectivity index (χ4n) is 3.41. The van der Waals surface area contributed by atoms with Gasteiger partial charge in [-0.3, -0.25) is 0 Å². The van der Waals surface area contributed by atoms with Gasteiger partial charge in [0.15, 0.2) is 0 Å². The molecule has 1 atom stereocenters. The first-order valence-corrected chi connectivity index (χ1v) is 11.9. The van der Waals surface area contributed by atoms with Gasteiger partial charge in [-0.15, -0.1) is 0 Å². The molecule has 0 saturated heterocycles. The Morgan fingerprint density at radius 2 is 1.72 bits per heavy atom. The molecule has 8 heteroatoms. The maximum atomic E-state index is 13.1. The molecule has 32 heavy (non-hydrogen) atoms. The highest BCUT2D eigenvalue weighted by molar-refractivity contribution is 7.89. The monoisotopic (exact) mass is 457 g/mol. The Kier molecular flexibility index (Phi) is 6.85. The molecule has 0 amide bonds. The van der Waals surface area contributed by atoms with Gasteiger partial charge in [-0.1, -0.05) is 38.5 Å². The Hall–Kier alpha value is -2.97. The van der Waals surface area contributed by atoms with Gasteiger partial charge in [0.05, 0.1) is 10.3 Å². The van der Waals surface area contributed by atoms with Gasteiger partial charge in [-0.25, -0.2) is 18.0 Å². The van der Waals surface area contributed by atoms with Crippen molar-refractivity contribution in [2.24, 2.45) is 5.92 Å². The Morgan fingerprint density at radius 1 is 1.06 bits per heavy atom. The second-order valence-electron chi connectivity index (χ2n) is 8.16. The molecule has 1 heterocycles. The summed E-state index contributed by atoms with van der Waals surface area (Å²) >= 11 is 0. The van der Waals surface area contributed by atoms with Crippen LogP contribution in [0, 0.1) is 19.8 Å². The first kappa shape index (κ1) is 23.7. The minimum atomic E-state index is -3.94. The van der Waals surface area contributed by atoms with Crippen molar-refractivity contribution in [3.63, 3.8) is 0 Å². The summed E-state index contributed by atoms with van der Waals surface area (Å²) in [6.45, 7) is 8.99. The summed E-state index contributed by atoms with van der Waals surface area (Å²) < 4.78 is 39.2. The highest BCUT2D eigenvalue weighted by Gasteiger charge is 2.30. The van der Waals surface area contributed by atoms with Crippen LogP contribution in [0.25, 0.3) is 11.0 Å². The first-order valence-electron chi connectivity index (χ1n) is 10.4. The summed E-state index contributed by atoms with van der Waals surface area (Å²) in [7, 11) is -3.94. The zero-order chi connectivity index (χ0) is 23.6. The molecule has 1 N–H and O–H groups in total. The average Bonchev–Trinajstić information content (AvgIpc) is 2.70. The minimum absolute atomic E-state index is 0.0672. The number of ether oxygens (including phenoxy) is 1. The molecular formula is C24H27NO6S. The van der Waals surface area contributed by atoms with Crippen LogP contribution in [0.5, 0.6) is 5.75 Å². The summed E-state index contributed by atoms with van der Waals surface area (Å²) in [4.78, 5) is 25.0. The largest absolute Gasteiger partial charge is 0.425 e. The summed E-state index contributed by atoms with van der Waals surface area (Å²) in [6, 6.07) is 9.99. The molecular weight excluding hydrogens is 430 g/mol. The van der Waals surface area contributed by atoms with E-state index in [1.165, 1.54) is 18.2 Å². The van der Waals surface area contributed by atoms with Crippen molar-refractivity contribution in [1.82, 2.24) is 4.72 Å². The minimum Gasteiger partial charge on any atom is -0.425 e. The van der Waals surface area contributed by atoms with Crippen LogP contribution in [0.2, 0.25) is 0 Å². The van der Waals surface area contributed by atoms with Gasteiger partial charge in [-0.05, 0) is 61.6 Å². The van der Waals surface area contributed by atoms with E-state index in [-0.39, 0.29) is 16.6 Å². The molecule has 0 aliphatic carbocycles. The Bertz CT molecular complexity index is 1310. The van der Waals surface area contributed by atoms with Crippen LogP contribution >= 0.6 is 0 Å². The third-order valence-electron chi connectivity index (χ3n) is 5.16. The number of benzene rings is 2. The van der Waals surface area contributed by atoms with Gasteiger partial charge in [0.2, 0.25) is 10.0 Å². The van der Waals surface area contributed by atoms with Crippen molar-refractivity contribution in [2.75, 3.05) is 0 Å². The lowest BCUT2D eigenvalue weighted by Crippen LogP contribution is -2.46. The number of hydrogen-bond acceptors (Lipinski definition) is 6. The maximum absolute atomic E-state index is 13.1. The van der Waals surface area contributed by atoms with Crippen LogP contribution in [-0.2, 0) is 21.2 Å². The number of nitrogens with one attached hydrogen (secondary N) is 1. The molecule has 0 bridgehead atoms. The van der Waals surface area contributed by atoms with E-state index >= 15 is 0 Å². The molecule has 0 saturated carbocycles. The third kappa shape index (κ3) is 5.08. The number of hydrogen-bond donors (Lipinski definition) is 1. The zero-order valence-electron chi connectivity index (χ0n) is 18.8. The van der Waals surface area contributed by atoms with Crippen molar-refractivity contribution in [3.05, 3.63) is 69.6 Å². The summed E-state index contributed by atoms with van der Waals surface area (Å²) in [5.41, 5.74) is 2.17. The van der Waals surface area contributed by atoms with Gasteiger partial charge in [0, 0.05) is 6.07 Å². The Morgan fingerprint density at radius 3 is 2.31 bits per heavy atom. The molecule has 0 radical (unpaired) electrons. The number of carbonyl (C=O) groups is 1. The quantitative estimate of drug-likeness (QED) is 0.328. The molecule has 1 aromatic heterocycles. The Labute approximate surface area is 187 Å². The Balaban J connectivity index is 1.97. The number of rotatable bonds is 7. The molecule has 1 unspecified atom stereocenters. The predicted octanol–water partition coefficient (Wildman–Crippen LogP) is 3.88. The van der Waals surface area contributed by atoms with Gasteiger partial charge < -0.3 is 9.15 Å². The topological polar surface area (TPSA) is 103 Å². The standard InChI is InChI=1S/C24H27NO6S/c1-6-17-13-21(26)30-19-11-16(5)12-20(22(17)19)31-24(27)23(14(2)3)25-32(28,29)18-9-7-15(4)8-10-18/h7-14,23,25H,6H2,1-5H3. The second kappa shape index (κ2) is 9.26. The van der Waals surface area contributed by atoms with Gasteiger partial charge in [0.1, 0.15) is 17.4 Å². The number of sulfonamides is 1. The van der Waals surface area contributed by atoms with Crippen molar-refractivity contribution in [2.45, 2.75) is 52.0 Å². The van der Waals surface area contributed by atoms with E-state index in [4.69, 9.17) is 9.15 Å². The maximum Gasteiger partial charge on any atom is 0.336 e. The fourth-order valence-corrected chi connectivity index (χ4v) is 4.74. The molecule has 170 valence electrons. The van der Waals surface area contributed by atoms with Gasteiger partial charge >= 0.3 is 11.6 Å². The van der Waals surface area contributed by atoms with Crippen LogP contribution in [-0.4, -0.2) is 20.4 Å². The zero-order valence-corrected chi connectivity index (χ0v) is 19.6. The summed E-state index contributed by atoms with van der Waals surface area (Å²) in [5.74, 6) is -0.885. The van der Waals surface area contributed by atoms with E-state index < -0.39 is 27.7 Å². The SMILES string of the molecule is CCc1cc(=O)oc2cc(C)cc(OC(=O)C(NS(=O)(=O)c3ccc(C)cc3)C(C)C)c12. The molecule has 2 aromatic carbocycles. The van der Waals surface area contributed by atoms with E-state index in [0.717, 1.165) is 11.1 Å². The first-order chi connectivity index (χ1) is 15.0. The van der Waals surface area contributed by atoms with Crippen molar-refractivity contribution in [1.29, 1.82) is 0 Å². The van der Waals surface area contributed by atoms with Crippen molar-refractivity contribution in [3.8, 4) is 5.75 Å². The summed E-state index contributed by atoms with van der Waals surface area (Å²) in [5, 5.41) is 0.523. The highest BCUT2D eigenvalue weighted by Crippen LogP contribution is 2.31. The number of esters is 1. The third-order valence-corrected chi connectivity index (χ3v) is 6.62. The highest BCUT2D eigenvalue weighted by atomic mass is 32.2. The van der Waals surface area contributed by atoms with E-state index in [1.807, 2.05) is 13.8 Å². The number of carbonyl (C=O) groups excluding carboxylic acids is 1. The molecule has 0 aliphatic rings. The molecule has 0 spiro atoms. The number of aryl methyl sites for hydroxylation is 3. The van der Waals surface area contributed by atoms with Gasteiger partial charge in [0.25, 0.3) is 0 Å². The lowest BCUT2D eigenvalue weighted by molar-refractivity contribution is -0.137. The smallest absolute Gasteiger partial charge is 0.336 e. The van der Waals surface area contributed by atoms with Crippen LogP contribution in [0.3, 0.4) is 0 Å². The number of fused-ring (bicyclic) bond motifs is 1. The normalized spacial score (nSPS) is 12.8. The average molecular weight is 458 g/mol. The van der Waals surface area contributed by atoms with Crippen LogP contribution in [0.4, 0.5) is 0 Å². The fraction of sp³-hybridized carbons (Fsp3) is 0.333. The van der Waals surface area contributed by atoms with Crippen LogP contribution < -0.4 is 15.1 Å². The van der Waals surface area contributed by atoms with Crippen molar-refractivity contribution >= 4 is 27.0 Å².